The van der Waals surface area contributed by atoms with E-state index in [4.69, 9.17) is 0 Å². The highest BCUT2D eigenvalue weighted by Crippen LogP contribution is 2.38. The number of anilines is 1. The Balaban J connectivity index is 1.79. The van der Waals surface area contributed by atoms with Gasteiger partial charge in [0.1, 0.15) is 0 Å². The van der Waals surface area contributed by atoms with Crippen LogP contribution < -0.4 is 10.2 Å². The number of hydrogen-bond donors (Lipinski definition) is 1. The molecule has 1 saturated heterocycles. The van der Waals surface area contributed by atoms with E-state index in [2.05, 4.69) is 37.4 Å². The predicted molar refractivity (Wildman–Crippen MR) is 81.9 cm³/mol. The molecule has 1 aliphatic carbocycles. The van der Waals surface area contributed by atoms with Crippen LogP contribution in [0.5, 0.6) is 0 Å². The number of benzene rings is 1. The average Bonchev–Trinajstić information content (AvgIpc) is 2.98. The molecule has 0 spiro atoms. The van der Waals surface area contributed by atoms with Crippen molar-refractivity contribution in [2.75, 3.05) is 18.5 Å². The number of hydrogen-bond acceptors (Lipinski definition) is 2. The molecule has 20 heavy (non-hydrogen) atoms. The van der Waals surface area contributed by atoms with Crippen LogP contribution in [-0.2, 0) is 4.79 Å². The minimum absolute atomic E-state index is 0.0216. The second-order valence-corrected chi connectivity index (χ2v) is 6.48. The maximum Gasteiger partial charge on any atom is 0.244 e. The summed E-state index contributed by atoms with van der Waals surface area (Å²) >= 11 is 0. The fourth-order valence-electron chi connectivity index (χ4n) is 3.94. The number of rotatable bonds is 2. The molecule has 108 valence electrons. The number of carbonyl (C=O) groups excluding carboxylic acids is 1. The highest BCUT2D eigenvalue weighted by molar-refractivity contribution is 5.97. The van der Waals surface area contributed by atoms with E-state index in [1.807, 2.05) is 11.9 Å². The number of nitrogens with zero attached hydrogens (tertiary/aromatic N) is 1. The van der Waals surface area contributed by atoms with E-state index in [9.17, 15) is 4.79 Å². The number of nitrogens with one attached hydrogen (secondary N) is 1. The molecule has 0 aromatic heterocycles. The van der Waals surface area contributed by atoms with Crippen molar-refractivity contribution in [3.05, 3.63) is 29.3 Å². The number of carbonyl (C=O) groups is 1. The summed E-state index contributed by atoms with van der Waals surface area (Å²) in [4.78, 5) is 14.6. The van der Waals surface area contributed by atoms with Crippen LogP contribution in [0.4, 0.5) is 5.69 Å². The van der Waals surface area contributed by atoms with Crippen LogP contribution >= 0.6 is 0 Å². The molecule has 3 nitrogen and oxygen atoms in total. The Morgan fingerprint density at radius 3 is 2.60 bits per heavy atom. The minimum Gasteiger partial charge on any atom is -0.314 e. The molecule has 0 bridgehead atoms. The number of aryl methyl sites for hydroxylation is 2. The molecule has 2 fully saturated rings. The fourth-order valence-corrected chi connectivity index (χ4v) is 3.94. The lowest BCUT2D eigenvalue weighted by Gasteiger charge is -2.25. The Bertz CT molecular complexity index is 505. The van der Waals surface area contributed by atoms with E-state index < -0.39 is 0 Å². The van der Waals surface area contributed by atoms with Gasteiger partial charge in [0.15, 0.2) is 0 Å². The molecular formula is C17H24N2O. The highest BCUT2D eigenvalue weighted by atomic mass is 16.2. The van der Waals surface area contributed by atoms with Crippen molar-refractivity contribution in [3.8, 4) is 0 Å². The van der Waals surface area contributed by atoms with Crippen molar-refractivity contribution in [1.29, 1.82) is 0 Å². The lowest BCUT2D eigenvalue weighted by molar-refractivity contribution is -0.120. The topological polar surface area (TPSA) is 32.3 Å². The van der Waals surface area contributed by atoms with Crippen LogP contribution in [0.25, 0.3) is 0 Å². The van der Waals surface area contributed by atoms with Gasteiger partial charge < -0.3 is 10.2 Å². The molecule has 1 aromatic carbocycles. The third kappa shape index (κ3) is 2.35. The van der Waals surface area contributed by atoms with Crippen LogP contribution in [0.15, 0.2) is 18.2 Å². The lowest BCUT2D eigenvalue weighted by atomic mass is 9.93. The standard InChI is InChI=1S/C17H24N2O/c1-11-7-12(2)9-14(8-11)19(3)17(20)16-15-6-4-5-13(15)10-18-16/h7-9,13,15-16,18H,4-6,10H2,1-3H3. The predicted octanol–water partition coefficient (Wildman–Crippen LogP) is 2.65. The minimum atomic E-state index is 0.0216. The van der Waals surface area contributed by atoms with Crippen LogP contribution in [0.1, 0.15) is 30.4 Å². The Hall–Kier alpha value is -1.35. The van der Waals surface area contributed by atoms with Crippen molar-refractivity contribution in [2.24, 2.45) is 11.8 Å². The van der Waals surface area contributed by atoms with Gasteiger partial charge in [0.05, 0.1) is 6.04 Å². The quantitative estimate of drug-likeness (QED) is 0.897. The number of fused-ring (bicyclic) bond motifs is 1. The Labute approximate surface area is 121 Å². The monoisotopic (exact) mass is 272 g/mol. The summed E-state index contributed by atoms with van der Waals surface area (Å²) in [7, 11) is 1.90. The largest absolute Gasteiger partial charge is 0.314 e. The second-order valence-electron chi connectivity index (χ2n) is 6.48. The normalized spacial score (nSPS) is 28.4. The summed E-state index contributed by atoms with van der Waals surface area (Å²) in [5.41, 5.74) is 3.42. The molecule has 3 unspecified atom stereocenters. The average molecular weight is 272 g/mol. The SMILES string of the molecule is Cc1cc(C)cc(N(C)C(=O)C2NCC3CCCC32)c1. The van der Waals surface area contributed by atoms with E-state index in [1.54, 1.807) is 0 Å². The lowest BCUT2D eigenvalue weighted by Crippen LogP contribution is -2.44. The first-order chi connectivity index (χ1) is 9.56. The van der Waals surface area contributed by atoms with Gasteiger partial charge in [-0.05, 0) is 68.3 Å². The first kappa shape index (κ1) is 13.6. The van der Waals surface area contributed by atoms with Gasteiger partial charge >= 0.3 is 0 Å². The summed E-state index contributed by atoms with van der Waals surface area (Å²) in [6.45, 7) is 5.17. The van der Waals surface area contributed by atoms with E-state index in [0.717, 1.165) is 18.2 Å². The van der Waals surface area contributed by atoms with Gasteiger partial charge in [0, 0.05) is 12.7 Å². The Kier molecular flexibility index (Phi) is 3.55. The van der Waals surface area contributed by atoms with Gasteiger partial charge in [-0.25, -0.2) is 0 Å². The number of amides is 1. The molecule has 2 aliphatic rings. The van der Waals surface area contributed by atoms with Crippen LogP contribution in [-0.4, -0.2) is 25.5 Å². The van der Waals surface area contributed by atoms with Crippen LogP contribution in [0, 0.1) is 25.7 Å². The fraction of sp³-hybridized carbons (Fsp3) is 0.588. The molecule has 3 rings (SSSR count). The maximum atomic E-state index is 12.8. The zero-order chi connectivity index (χ0) is 14.3. The molecular weight excluding hydrogens is 248 g/mol. The van der Waals surface area contributed by atoms with Crippen LogP contribution in [0.3, 0.4) is 0 Å². The van der Waals surface area contributed by atoms with Crippen molar-refractivity contribution >= 4 is 11.6 Å². The number of likely N-dealkylation sites (N-methyl/N-ethyl adjacent to an activating group) is 1. The highest BCUT2D eigenvalue weighted by Gasteiger charge is 2.43. The summed E-state index contributed by atoms with van der Waals surface area (Å²) in [6.07, 6.45) is 3.78. The first-order valence-corrected chi connectivity index (χ1v) is 7.65. The molecule has 3 heteroatoms. The summed E-state index contributed by atoms with van der Waals surface area (Å²) < 4.78 is 0. The molecule has 1 amide bonds. The third-order valence-corrected chi connectivity index (χ3v) is 4.94. The Morgan fingerprint density at radius 2 is 1.90 bits per heavy atom. The van der Waals surface area contributed by atoms with Gasteiger partial charge in [-0.15, -0.1) is 0 Å². The van der Waals surface area contributed by atoms with E-state index in [1.165, 1.54) is 30.4 Å². The van der Waals surface area contributed by atoms with Gasteiger partial charge in [0.2, 0.25) is 5.91 Å². The van der Waals surface area contributed by atoms with Gasteiger partial charge in [-0.2, -0.15) is 0 Å². The van der Waals surface area contributed by atoms with Gasteiger partial charge in [-0.3, -0.25) is 4.79 Å². The maximum absolute atomic E-state index is 12.8. The van der Waals surface area contributed by atoms with Crippen molar-refractivity contribution < 1.29 is 4.79 Å². The van der Waals surface area contributed by atoms with Crippen molar-refractivity contribution in [2.45, 2.75) is 39.2 Å². The molecule has 1 aliphatic heterocycles. The molecule has 1 saturated carbocycles. The summed E-state index contributed by atoms with van der Waals surface area (Å²) in [5.74, 6) is 1.50. The second kappa shape index (κ2) is 5.21. The zero-order valence-corrected chi connectivity index (χ0v) is 12.6. The molecule has 0 radical (unpaired) electrons. The smallest absolute Gasteiger partial charge is 0.244 e. The molecule has 3 atom stereocenters. The van der Waals surface area contributed by atoms with Crippen molar-refractivity contribution in [3.63, 3.8) is 0 Å². The summed E-state index contributed by atoms with van der Waals surface area (Å²) in [6, 6.07) is 6.34. The summed E-state index contributed by atoms with van der Waals surface area (Å²) in [5, 5.41) is 3.45. The van der Waals surface area contributed by atoms with Crippen LogP contribution in [0.2, 0.25) is 0 Å². The third-order valence-electron chi connectivity index (χ3n) is 4.94. The van der Waals surface area contributed by atoms with Gasteiger partial charge in [0.25, 0.3) is 0 Å². The Morgan fingerprint density at radius 1 is 1.20 bits per heavy atom. The van der Waals surface area contributed by atoms with E-state index in [-0.39, 0.29) is 11.9 Å². The molecule has 1 heterocycles. The molecule has 1 N–H and O–H groups in total. The zero-order valence-electron chi connectivity index (χ0n) is 12.6. The molecule has 1 aromatic rings. The first-order valence-electron chi connectivity index (χ1n) is 7.65. The van der Waals surface area contributed by atoms with E-state index >= 15 is 0 Å². The van der Waals surface area contributed by atoms with Crippen molar-refractivity contribution in [1.82, 2.24) is 5.32 Å². The van der Waals surface area contributed by atoms with E-state index in [0.29, 0.717) is 5.92 Å². The van der Waals surface area contributed by atoms with Gasteiger partial charge in [-0.1, -0.05) is 12.5 Å².